The fourth-order valence-electron chi connectivity index (χ4n) is 3.46. The molecule has 0 atom stereocenters. The second kappa shape index (κ2) is 5.15. The number of nitrogens with one attached hydrogen (secondary N) is 1. The van der Waals surface area contributed by atoms with Gasteiger partial charge in [-0.2, -0.15) is 0 Å². The van der Waals surface area contributed by atoms with Gasteiger partial charge in [0.1, 0.15) is 5.69 Å². The number of carbonyl (C=O) groups excluding carboxylic acids is 1. The molecule has 0 bridgehead atoms. The minimum Gasteiger partial charge on any atom is -0.349 e. The molecule has 1 aliphatic rings. The summed E-state index contributed by atoms with van der Waals surface area (Å²) >= 11 is 0. The van der Waals surface area contributed by atoms with Crippen LogP contribution >= 0.6 is 0 Å². The van der Waals surface area contributed by atoms with Gasteiger partial charge in [0.05, 0.1) is 16.6 Å². The van der Waals surface area contributed by atoms with Crippen molar-refractivity contribution in [1.29, 1.82) is 0 Å². The second-order valence-electron chi connectivity index (χ2n) is 7.02. The zero-order chi connectivity index (χ0) is 16.1. The van der Waals surface area contributed by atoms with Gasteiger partial charge in [-0.25, -0.2) is 0 Å². The van der Waals surface area contributed by atoms with Gasteiger partial charge in [0, 0.05) is 25.0 Å². The summed E-state index contributed by atoms with van der Waals surface area (Å²) in [6.45, 7) is 5.03. The molecule has 23 heavy (non-hydrogen) atoms. The minimum atomic E-state index is 0.000697. The van der Waals surface area contributed by atoms with Crippen LogP contribution in [0.5, 0.6) is 0 Å². The van der Waals surface area contributed by atoms with Crippen LogP contribution in [0.4, 0.5) is 0 Å². The maximum absolute atomic E-state index is 12.5. The van der Waals surface area contributed by atoms with Crippen molar-refractivity contribution in [3.05, 3.63) is 36.0 Å². The molecule has 0 unspecified atom stereocenters. The van der Waals surface area contributed by atoms with Gasteiger partial charge in [-0.05, 0) is 44.7 Å². The highest BCUT2D eigenvalue weighted by Gasteiger charge is 2.26. The third-order valence-electron chi connectivity index (χ3n) is 4.74. The van der Waals surface area contributed by atoms with Crippen molar-refractivity contribution >= 4 is 27.8 Å². The van der Waals surface area contributed by atoms with E-state index in [1.54, 1.807) is 0 Å². The number of carbonyl (C=O) groups is 1. The van der Waals surface area contributed by atoms with E-state index in [2.05, 4.69) is 40.2 Å². The van der Waals surface area contributed by atoms with Gasteiger partial charge >= 0.3 is 0 Å². The molecule has 0 spiro atoms. The van der Waals surface area contributed by atoms with Crippen molar-refractivity contribution in [2.75, 3.05) is 0 Å². The molecule has 120 valence electrons. The Hall–Kier alpha value is -2.23. The molecule has 1 fully saturated rings. The van der Waals surface area contributed by atoms with Crippen molar-refractivity contribution in [3.8, 4) is 0 Å². The molecule has 4 rings (SSSR count). The summed E-state index contributed by atoms with van der Waals surface area (Å²) in [6.07, 6.45) is 2.64. The van der Waals surface area contributed by atoms with Crippen molar-refractivity contribution in [3.63, 3.8) is 0 Å². The fraction of sp³-hybridized carbons (Fsp3) is 0.421. The van der Waals surface area contributed by atoms with Crippen molar-refractivity contribution in [2.45, 2.75) is 39.3 Å². The molecule has 2 heterocycles. The lowest BCUT2D eigenvalue weighted by Crippen LogP contribution is -2.31. The summed E-state index contributed by atoms with van der Waals surface area (Å²) in [7, 11) is 1.99. The van der Waals surface area contributed by atoms with Crippen LogP contribution in [0.15, 0.2) is 30.3 Å². The van der Waals surface area contributed by atoms with Crippen molar-refractivity contribution < 1.29 is 4.79 Å². The molecule has 0 saturated heterocycles. The molecule has 1 aromatic carbocycles. The van der Waals surface area contributed by atoms with E-state index in [1.165, 1.54) is 29.3 Å². The normalized spacial score (nSPS) is 15.0. The first-order valence-electron chi connectivity index (χ1n) is 8.43. The van der Waals surface area contributed by atoms with Crippen molar-refractivity contribution in [1.82, 2.24) is 14.5 Å². The Kier molecular flexibility index (Phi) is 3.22. The standard InChI is InChI=1S/C19H23N3O/c1-12(2)20-19(23)17-10-16-18(21(17)3)14-6-4-5-7-15(14)22(16)11-13-8-9-13/h4-7,10,12-13H,8-9,11H2,1-3H3,(H,20,23). The van der Waals surface area contributed by atoms with Gasteiger partial charge in [0.2, 0.25) is 0 Å². The molecule has 1 aliphatic carbocycles. The number of benzene rings is 1. The summed E-state index contributed by atoms with van der Waals surface area (Å²) in [5, 5.41) is 4.23. The van der Waals surface area contributed by atoms with Gasteiger partial charge in [-0.15, -0.1) is 0 Å². The van der Waals surface area contributed by atoms with Crippen LogP contribution in [0.2, 0.25) is 0 Å². The summed E-state index contributed by atoms with van der Waals surface area (Å²) in [4.78, 5) is 12.5. The third kappa shape index (κ3) is 2.33. The Morgan fingerprint density at radius 3 is 2.70 bits per heavy atom. The number of aryl methyl sites for hydroxylation is 1. The van der Waals surface area contributed by atoms with E-state index in [1.807, 2.05) is 25.5 Å². The van der Waals surface area contributed by atoms with Gasteiger partial charge in [0.25, 0.3) is 5.91 Å². The molecule has 0 radical (unpaired) electrons. The lowest BCUT2D eigenvalue weighted by Gasteiger charge is -2.09. The molecular weight excluding hydrogens is 286 g/mol. The van der Waals surface area contributed by atoms with Gasteiger partial charge in [-0.3, -0.25) is 4.79 Å². The van der Waals surface area contributed by atoms with Crippen LogP contribution in [-0.4, -0.2) is 21.1 Å². The highest BCUT2D eigenvalue weighted by Crippen LogP contribution is 2.36. The average molecular weight is 309 g/mol. The van der Waals surface area contributed by atoms with E-state index in [0.29, 0.717) is 0 Å². The lowest BCUT2D eigenvalue weighted by molar-refractivity contribution is 0.0935. The van der Waals surface area contributed by atoms with Crippen LogP contribution in [0.3, 0.4) is 0 Å². The topological polar surface area (TPSA) is 39.0 Å². The summed E-state index contributed by atoms with van der Waals surface area (Å²) < 4.78 is 4.44. The van der Waals surface area contributed by atoms with E-state index in [4.69, 9.17) is 0 Å². The smallest absolute Gasteiger partial charge is 0.268 e. The van der Waals surface area contributed by atoms with E-state index in [-0.39, 0.29) is 11.9 Å². The fourth-order valence-corrected chi connectivity index (χ4v) is 3.46. The second-order valence-corrected chi connectivity index (χ2v) is 7.02. The van der Waals surface area contributed by atoms with Gasteiger partial charge < -0.3 is 14.5 Å². The molecule has 2 aromatic heterocycles. The van der Waals surface area contributed by atoms with Gasteiger partial charge in [0.15, 0.2) is 0 Å². The minimum absolute atomic E-state index is 0.000697. The van der Waals surface area contributed by atoms with E-state index < -0.39 is 0 Å². The first-order valence-corrected chi connectivity index (χ1v) is 8.43. The number of nitrogens with zero attached hydrogens (tertiary/aromatic N) is 2. The highest BCUT2D eigenvalue weighted by atomic mass is 16.2. The number of aromatic nitrogens is 2. The van der Waals surface area contributed by atoms with Crippen molar-refractivity contribution in [2.24, 2.45) is 13.0 Å². The summed E-state index contributed by atoms with van der Waals surface area (Å²) in [5.41, 5.74) is 4.35. The molecular formula is C19H23N3O. The van der Waals surface area contributed by atoms with E-state index in [0.717, 1.165) is 23.7 Å². The monoisotopic (exact) mass is 309 g/mol. The van der Waals surface area contributed by atoms with E-state index in [9.17, 15) is 4.79 Å². The molecule has 1 saturated carbocycles. The number of hydrogen-bond acceptors (Lipinski definition) is 1. The Bertz CT molecular complexity index is 896. The number of amides is 1. The predicted molar refractivity (Wildman–Crippen MR) is 93.7 cm³/mol. The zero-order valence-corrected chi connectivity index (χ0v) is 14.0. The molecule has 1 N–H and O–H groups in total. The number of para-hydroxylation sites is 1. The van der Waals surface area contributed by atoms with Crippen LogP contribution in [0, 0.1) is 5.92 Å². The molecule has 1 amide bonds. The first kappa shape index (κ1) is 14.4. The lowest BCUT2D eigenvalue weighted by atomic mass is 10.2. The van der Waals surface area contributed by atoms with Crippen LogP contribution in [0.25, 0.3) is 21.9 Å². The van der Waals surface area contributed by atoms with Crippen LogP contribution < -0.4 is 5.32 Å². The quantitative estimate of drug-likeness (QED) is 0.784. The summed E-state index contributed by atoms with van der Waals surface area (Å²) in [6, 6.07) is 10.7. The molecule has 0 aliphatic heterocycles. The van der Waals surface area contributed by atoms with Gasteiger partial charge in [-0.1, -0.05) is 18.2 Å². The first-order chi connectivity index (χ1) is 11.1. The number of rotatable bonds is 4. The SMILES string of the molecule is CC(C)NC(=O)c1cc2c(c3ccccc3n2CC2CC2)n1C. The maximum atomic E-state index is 12.5. The molecule has 4 heteroatoms. The third-order valence-corrected chi connectivity index (χ3v) is 4.74. The summed E-state index contributed by atoms with van der Waals surface area (Å²) in [5.74, 6) is 0.794. The Balaban J connectivity index is 1.92. The Morgan fingerprint density at radius 1 is 1.26 bits per heavy atom. The molecule has 3 aromatic rings. The zero-order valence-electron chi connectivity index (χ0n) is 14.0. The maximum Gasteiger partial charge on any atom is 0.268 e. The van der Waals surface area contributed by atoms with Crippen LogP contribution in [0.1, 0.15) is 37.2 Å². The van der Waals surface area contributed by atoms with Crippen LogP contribution in [-0.2, 0) is 13.6 Å². The van der Waals surface area contributed by atoms with E-state index >= 15 is 0 Å². The average Bonchev–Trinajstić information content (AvgIpc) is 3.18. The Labute approximate surface area is 136 Å². The highest BCUT2D eigenvalue weighted by molar-refractivity contribution is 6.10. The number of hydrogen-bond donors (Lipinski definition) is 1. The Morgan fingerprint density at radius 2 is 2.00 bits per heavy atom. The number of fused-ring (bicyclic) bond motifs is 3. The largest absolute Gasteiger partial charge is 0.349 e. The molecule has 4 nitrogen and oxygen atoms in total. The predicted octanol–water partition coefficient (Wildman–Crippen LogP) is 3.68.